The Hall–Kier alpha value is -5.14. The number of aromatic nitrogens is 2. The second kappa shape index (κ2) is 12.5. The first-order chi connectivity index (χ1) is 21.4. The molecule has 11 nitrogen and oxygen atoms in total. The summed E-state index contributed by atoms with van der Waals surface area (Å²) in [6, 6.07) is 28.6. The van der Waals surface area contributed by atoms with Crippen LogP contribution in [-0.2, 0) is 31.9 Å². The van der Waals surface area contributed by atoms with Gasteiger partial charge in [0.25, 0.3) is 25.6 Å². The number of carbonyl (C=O) groups is 1. The van der Waals surface area contributed by atoms with Crippen LogP contribution in [0, 0.1) is 13.8 Å². The van der Waals surface area contributed by atoms with Gasteiger partial charge in [0.15, 0.2) is 0 Å². The summed E-state index contributed by atoms with van der Waals surface area (Å²) < 4.78 is 59.8. The Morgan fingerprint density at radius 2 is 1.38 bits per heavy atom. The molecule has 0 atom stereocenters. The first-order valence-corrected chi connectivity index (χ1v) is 16.7. The fourth-order valence-electron chi connectivity index (χ4n) is 4.82. The summed E-state index contributed by atoms with van der Waals surface area (Å²) in [7, 11) is -6.65. The summed E-state index contributed by atoms with van der Waals surface area (Å²) in [5.74, 6) is -0.739. The van der Waals surface area contributed by atoms with Crippen molar-refractivity contribution in [1.82, 2.24) is 9.36 Å². The molecule has 2 N–H and O–H groups in total. The van der Waals surface area contributed by atoms with Gasteiger partial charge in [-0.1, -0.05) is 48.5 Å². The van der Waals surface area contributed by atoms with Crippen molar-refractivity contribution in [1.29, 1.82) is 0 Å². The van der Waals surface area contributed by atoms with Gasteiger partial charge in [0.1, 0.15) is 12.2 Å². The molecule has 45 heavy (non-hydrogen) atoms. The van der Waals surface area contributed by atoms with Gasteiger partial charge < -0.3 is 5.32 Å². The van der Waals surface area contributed by atoms with Crippen LogP contribution in [0.2, 0.25) is 0 Å². The van der Waals surface area contributed by atoms with E-state index in [2.05, 4.69) is 10.0 Å². The highest BCUT2D eigenvalue weighted by Gasteiger charge is 2.33. The predicted octanol–water partition coefficient (Wildman–Crippen LogP) is 4.43. The number of sulfonamides is 2. The van der Waals surface area contributed by atoms with E-state index in [1.54, 1.807) is 80.7 Å². The number of aryl methyl sites for hydroxylation is 1. The third kappa shape index (κ3) is 6.54. The van der Waals surface area contributed by atoms with Gasteiger partial charge in [-0.2, -0.15) is 0 Å². The van der Waals surface area contributed by atoms with Crippen molar-refractivity contribution in [3.8, 4) is 5.69 Å². The third-order valence-corrected chi connectivity index (χ3v) is 10.3. The zero-order valence-corrected chi connectivity index (χ0v) is 26.3. The first-order valence-electron chi connectivity index (χ1n) is 13.8. The van der Waals surface area contributed by atoms with Crippen LogP contribution in [0.5, 0.6) is 0 Å². The SMILES string of the molecule is Cc1cccc(NS(=O)(=O)c2ccc(NC(=O)CN(c3c(C)n(C)n(-c4ccccc4)c3=O)S(=O)(=O)c3ccccc3)cc2)c1. The number of hydrogen-bond acceptors (Lipinski definition) is 6. The number of amides is 1. The van der Waals surface area contributed by atoms with Crippen LogP contribution in [0.15, 0.2) is 124 Å². The number of benzene rings is 4. The second-order valence-electron chi connectivity index (χ2n) is 10.3. The lowest BCUT2D eigenvalue weighted by Crippen LogP contribution is -2.41. The minimum Gasteiger partial charge on any atom is -0.325 e. The molecule has 0 aliphatic rings. The van der Waals surface area contributed by atoms with E-state index < -0.39 is 38.1 Å². The van der Waals surface area contributed by atoms with Gasteiger partial charge in [0.2, 0.25) is 5.91 Å². The van der Waals surface area contributed by atoms with Crippen LogP contribution in [0.3, 0.4) is 0 Å². The molecule has 0 aliphatic carbocycles. The lowest BCUT2D eigenvalue weighted by Gasteiger charge is -2.23. The quantitative estimate of drug-likeness (QED) is 0.230. The van der Waals surface area contributed by atoms with E-state index in [-0.39, 0.29) is 21.2 Å². The van der Waals surface area contributed by atoms with Crippen LogP contribution < -0.4 is 19.9 Å². The van der Waals surface area contributed by atoms with Gasteiger partial charge in [-0.15, -0.1) is 0 Å². The topological polar surface area (TPSA) is 140 Å². The van der Waals surface area contributed by atoms with Crippen molar-refractivity contribution >= 4 is 43.0 Å². The lowest BCUT2D eigenvalue weighted by atomic mass is 10.2. The van der Waals surface area contributed by atoms with Gasteiger partial charge in [0, 0.05) is 18.4 Å². The van der Waals surface area contributed by atoms with E-state index in [0.717, 1.165) is 9.87 Å². The van der Waals surface area contributed by atoms with Crippen LogP contribution in [0.4, 0.5) is 17.1 Å². The Bertz CT molecular complexity index is 2130. The molecule has 1 amide bonds. The zero-order chi connectivity index (χ0) is 32.4. The maximum absolute atomic E-state index is 13.9. The Morgan fingerprint density at radius 3 is 2.00 bits per heavy atom. The standard InChI is InChI=1S/C32H31N5O6S2/c1-23-11-10-12-26(21-23)34-44(40,41)28-19-17-25(18-20-28)33-30(38)22-36(45(42,43)29-15-8-5-9-16-29)31-24(2)35(3)37(32(31)39)27-13-6-4-7-14-27/h4-21,34H,22H2,1-3H3,(H,33,38). The van der Waals surface area contributed by atoms with Crippen molar-refractivity contribution < 1.29 is 21.6 Å². The van der Waals surface area contributed by atoms with E-state index in [1.807, 2.05) is 13.0 Å². The van der Waals surface area contributed by atoms with E-state index in [1.165, 1.54) is 45.8 Å². The van der Waals surface area contributed by atoms with Crippen molar-refractivity contribution in [2.75, 3.05) is 20.9 Å². The predicted molar refractivity (Wildman–Crippen MR) is 174 cm³/mol. The highest BCUT2D eigenvalue weighted by atomic mass is 32.2. The number of rotatable bonds is 10. The molecule has 0 radical (unpaired) electrons. The number of anilines is 3. The number of nitrogens with one attached hydrogen (secondary N) is 2. The second-order valence-corrected chi connectivity index (χ2v) is 13.8. The summed E-state index contributed by atoms with van der Waals surface area (Å²) in [6.07, 6.45) is 0. The molecule has 232 valence electrons. The van der Waals surface area contributed by atoms with Gasteiger partial charge in [-0.3, -0.25) is 19.0 Å². The molecule has 0 spiro atoms. The molecular weight excluding hydrogens is 615 g/mol. The smallest absolute Gasteiger partial charge is 0.296 e. The van der Waals surface area contributed by atoms with Crippen molar-refractivity contribution in [2.45, 2.75) is 23.6 Å². The maximum Gasteiger partial charge on any atom is 0.296 e. The molecule has 5 aromatic rings. The minimum absolute atomic E-state index is 0.0309. The third-order valence-electron chi connectivity index (χ3n) is 7.11. The van der Waals surface area contributed by atoms with E-state index in [0.29, 0.717) is 17.1 Å². The van der Waals surface area contributed by atoms with Gasteiger partial charge >= 0.3 is 0 Å². The summed E-state index contributed by atoms with van der Waals surface area (Å²) in [5, 5.41) is 2.62. The Morgan fingerprint density at radius 1 is 0.756 bits per heavy atom. The van der Waals surface area contributed by atoms with Gasteiger partial charge in [0.05, 0.1) is 21.2 Å². The molecular formula is C32H31N5O6S2. The number of para-hydroxylation sites is 1. The molecule has 0 fully saturated rings. The summed E-state index contributed by atoms with van der Waals surface area (Å²) >= 11 is 0. The molecule has 0 bridgehead atoms. The Labute approximate surface area is 261 Å². The van der Waals surface area contributed by atoms with E-state index in [9.17, 15) is 26.4 Å². The number of hydrogen-bond donors (Lipinski definition) is 2. The largest absolute Gasteiger partial charge is 0.325 e. The minimum atomic E-state index is -4.37. The highest BCUT2D eigenvalue weighted by Crippen LogP contribution is 2.26. The van der Waals surface area contributed by atoms with Crippen molar-refractivity contribution in [2.24, 2.45) is 7.05 Å². The van der Waals surface area contributed by atoms with Crippen molar-refractivity contribution in [3.63, 3.8) is 0 Å². The fraction of sp³-hybridized carbons (Fsp3) is 0.125. The fourth-order valence-corrected chi connectivity index (χ4v) is 7.36. The number of nitrogens with zero attached hydrogens (tertiary/aromatic N) is 3. The van der Waals surface area contributed by atoms with Crippen LogP contribution in [-0.4, -0.2) is 38.7 Å². The molecule has 1 aromatic heterocycles. The summed E-state index contributed by atoms with van der Waals surface area (Å²) in [4.78, 5) is 27.0. The molecule has 13 heteroatoms. The van der Waals surface area contributed by atoms with Crippen LogP contribution in [0.25, 0.3) is 5.69 Å². The normalized spacial score (nSPS) is 11.6. The van der Waals surface area contributed by atoms with Gasteiger partial charge in [-0.05, 0) is 80.1 Å². The zero-order valence-electron chi connectivity index (χ0n) is 24.7. The molecule has 0 unspecified atom stereocenters. The summed E-state index contributed by atoms with van der Waals surface area (Å²) in [5.41, 5.74) is 1.58. The number of carbonyl (C=O) groups excluding carboxylic acids is 1. The van der Waals surface area contributed by atoms with Crippen LogP contribution in [0.1, 0.15) is 11.3 Å². The van der Waals surface area contributed by atoms with Gasteiger partial charge in [-0.25, -0.2) is 25.8 Å². The first kappa shape index (κ1) is 31.3. The summed E-state index contributed by atoms with van der Waals surface area (Å²) in [6.45, 7) is 2.73. The molecule has 5 rings (SSSR count). The Kier molecular flexibility index (Phi) is 8.66. The molecule has 0 saturated heterocycles. The van der Waals surface area contributed by atoms with Crippen LogP contribution >= 0.6 is 0 Å². The lowest BCUT2D eigenvalue weighted by molar-refractivity contribution is -0.114. The highest BCUT2D eigenvalue weighted by molar-refractivity contribution is 7.93. The average molecular weight is 646 g/mol. The molecule has 1 heterocycles. The van der Waals surface area contributed by atoms with E-state index in [4.69, 9.17) is 0 Å². The van der Waals surface area contributed by atoms with Crippen molar-refractivity contribution in [3.05, 3.63) is 131 Å². The molecule has 0 saturated carbocycles. The average Bonchev–Trinajstić information content (AvgIpc) is 3.23. The molecule has 4 aromatic carbocycles. The maximum atomic E-state index is 13.9. The monoisotopic (exact) mass is 645 g/mol. The molecule has 0 aliphatic heterocycles. The Balaban J connectivity index is 1.45. The van der Waals surface area contributed by atoms with E-state index >= 15 is 0 Å².